The Labute approximate surface area is 117 Å². The molecule has 4 nitrogen and oxygen atoms in total. The van der Waals surface area contributed by atoms with E-state index in [9.17, 15) is 9.18 Å². The summed E-state index contributed by atoms with van der Waals surface area (Å²) in [6.45, 7) is 0. The van der Waals surface area contributed by atoms with Gasteiger partial charge in [-0.25, -0.2) is 14.2 Å². The molecule has 0 aliphatic carbocycles. The number of hydrogen-bond acceptors (Lipinski definition) is 3. The second-order valence-electron chi connectivity index (χ2n) is 3.66. The molecule has 0 aliphatic rings. The number of rotatable bonds is 2. The lowest BCUT2D eigenvalue weighted by Crippen LogP contribution is -2.06. The maximum absolute atomic E-state index is 12.9. The van der Waals surface area contributed by atoms with Gasteiger partial charge in [-0.05, 0) is 24.3 Å². The number of carboxylic acids is 1. The number of carbonyl (C=O) groups is 1. The van der Waals surface area contributed by atoms with Gasteiger partial charge in [-0.3, -0.25) is 0 Å². The van der Waals surface area contributed by atoms with Crippen molar-refractivity contribution in [1.29, 1.82) is 0 Å². The summed E-state index contributed by atoms with van der Waals surface area (Å²) in [4.78, 5) is 14.9. The van der Waals surface area contributed by atoms with Gasteiger partial charge in [-0.2, -0.15) is 0 Å². The molecule has 3 N–H and O–H groups in total. The van der Waals surface area contributed by atoms with Crippen molar-refractivity contribution in [3.05, 3.63) is 45.8 Å². The summed E-state index contributed by atoms with van der Waals surface area (Å²) in [5, 5.41) is 8.80. The molecule has 0 fully saturated rings. The molecule has 2 aromatic rings. The van der Waals surface area contributed by atoms with Gasteiger partial charge in [-0.1, -0.05) is 23.2 Å². The fourth-order valence-corrected chi connectivity index (χ4v) is 2.01. The zero-order valence-electron chi connectivity index (χ0n) is 9.32. The van der Waals surface area contributed by atoms with Crippen molar-refractivity contribution in [3.63, 3.8) is 0 Å². The van der Waals surface area contributed by atoms with Crippen LogP contribution in [-0.4, -0.2) is 16.1 Å². The normalized spacial score (nSPS) is 10.5. The first-order chi connectivity index (χ1) is 8.91. The number of nitrogens with two attached hydrogens (primary N) is 1. The number of anilines is 1. The topological polar surface area (TPSA) is 76.2 Å². The molecule has 0 aliphatic heterocycles. The van der Waals surface area contributed by atoms with Gasteiger partial charge >= 0.3 is 5.97 Å². The van der Waals surface area contributed by atoms with E-state index < -0.39 is 17.5 Å². The summed E-state index contributed by atoms with van der Waals surface area (Å²) >= 11 is 11.8. The van der Waals surface area contributed by atoms with Crippen molar-refractivity contribution >= 4 is 34.9 Å². The van der Waals surface area contributed by atoms with E-state index in [0.717, 1.165) is 0 Å². The minimum Gasteiger partial charge on any atom is -0.476 e. The number of carboxylic acid groups (broad SMARTS) is 1. The van der Waals surface area contributed by atoms with Gasteiger partial charge in [0.15, 0.2) is 5.69 Å². The summed E-state index contributed by atoms with van der Waals surface area (Å²) in [6.07, 6.45) is 0. The number of nitrogens with zero attached hydrogens (tertiary/aromatic N) is 1. The fourth-order valence-electron chi connectivity index (χ4n) is 1.50. The average molecular weight is 301 g/mol. The molecule has 1 aromatic carbocycles. The minimum absolute atomic E-state index is 0.0293. The smallest absolute Gasteiger partial charge is 0.356 e. The van der Waals surface area contributed by atoms with Crippen LogP contribution in [0, 0.1) is 5.82 Å². The van der Waals surface area contributed by atoms with Gasteiger partial charge in [0.25, 0.3) is 0 Å². The average Bonchev–Trinajstić information content (AvgIpc) is 2.37. The van der Waals surface area contributed by atoms with Crippen molar-refractivity contribution in [2.45, 2.75) is 0 Å². The van der Waals surface area contributed by atoms with Gasteiger partial charge < -0.3 is 10.8 Å². The van der Waals surface area contributed by atoms with E-state index in [2.05, 4.69) is 4.98 Å². The summed E-state index contributed by atoms with van der Waals surface area (Å²) in [5.74, 6) is -1.75. The van der Waals surface area contributed by atoms with E-state index in [-0.39, 0.29) is 21.4 Å². The van der Waals surface area contributed by atoms with Gasteiger partial charge in [0, 0.05) is 5.56 Å². The van der Waals surface area contributed by atoms with E-state index in [4.69, 9.17) is 34.0 Å². The summed E-state index contributed by atoms with van der Waals surface area (Å²) in [7, 11) is 0. The van der Waals surface area contributed by atoms with Crippen molar-refractivity contribution < 1.29 is 14.3 Å². The fraction of sp³-hybridized carbons (Fsp3) is 0. The predicted molar refractivity (Wildman–Crippen MR) is 71.0 cm³/mol. The second kappa shape index (κ2) is 5.03. The first-order valence-electron chi connectivity index (χ1n) is 5.05. The van der Waals surface area contributed by atoms with Crippen LogP contribution in [0.1, 0.15) is 10.5 Å². The van der Waals surface area contributed by atoms with E-state index >= 15 is 0 Å². The molecule has 0 radical (unpaired) electrons. The molecule has 0 atom stereocenters. The van der Waals surface area contributed by atoms with E-state index in [1.807, 2.05) is 0 Å². The Balaban J connectivity index is 2.70. The zero-order valence-corrected chi connectivity index (χ0v) is 10.8. The van der Waals surface area contributed by atoms with E-state index in [0.29, 0.717) is 5.56 Å². The lowest BCUT2D eigenvalue weighted by atomic mass is 10.1. The zero-order chi connectivity index (χ0) is 14.2. The maximum atomic E-state index is 12.9. The standard InChI is InChI=1S/C12H7Cl2FN2O2/c13-7-9(16)8(14)11(12(18)19)17-10(7)5-1-3-6(15)4-2-5/h1-4H,(H2,16,17)(H,18,19). The summed E-state index contributed by atoms with van der Waals surface area (Å²) < 4.78 is 12.9. The van der Waals surface area contributed by atoms with Crippen LogP contribution >= 0.6 is 23.2 Å². The number of pyridine rings is 1. The third-order valence-corrected chi connectivity index (χ3v) is 3.20. The van der Waals surface area contributed by atoms with Crippen LogP contribution in [0.15, 0.2) is 24.3 Å². The first-order valence-corrected chi connectivity index (χ1v) is 5.81. The largest absolute Gasteiger partial charge is 0.476 e. The Morgan fingerprint density at radius 2 is 1.79 bits per heavy atom. The number of aromatic carboxylic acids is 1. The summed E-state index contributed by atoms with van der Waals surface area (Å²) in [5.41, 5.74) is 5.75. The third kappa shape index (κ3) is 2.47. The minimum atomic E-state index is -1.32. The molecule has 19 heavy (non-hydrogen) atoms. The highest BCUT2D eigenvalue weighted by molar-refractivity contribution is 6.41. The maximum Gasteiger partial charge on any atom is 0.356 e. The number of hydrogen-bond donors (Lipinski definition) is 2. The molecule has 0 unspecified atom stereocenters. The van der Waals surface area contributed by atoms with Crippen LogP contribution in [0.4, 0.5) is 10.1 Å². The second-order valence-corrected chi connectivity index (χ2v) is 4.42. The lowest BCUT2D eigenvalue weighted by Gasteiger charge is -2.10. The van der Waals surface area contributed by atoms with Crippen LogP contribution in [-0.2, 0) is 0 Å². The number of aromatic nitrogens is 1. The molecule has 1 heterocycles. The van der Waals surface area contributed by atoms with Crippen molar-refractivity contribution in [2.75, 3.05) is 5.73 Å². The molecular formula is C12H7Cl2FN2O2. The Bertz CT molecular complexity index is 660. The van der Waals surface area contributed by atoms with Gasteiger partial charge in [0.2, 0.25) is 0 Å². The predicted octanol–water partition coefficient (Wildman–Crippen LogP) is 3.47. The molecule has 98 valence electrons. The van der Waals surface area contributed by atoms with Crippen LogP contribution in [0.2, 0.25) is 10.0 Å². The highest BCUT2D eigenvalue weighted by atomic mass is 35.5. The Morgan fingerprint density at radius 1 is 1.21 bits per heavy atom. The van der Waals surface area contributed by atoms with Crippen molar-refractivity contribution in [3.8, 4) is 11.3 Å². The van der Waals surface area contributed by atoms with Crippen LogP contribution in [0.25, 0.3) is 11.3 Å². The third-order valence-electron chi connectivity index (χ3n) is 2.43. The molecular weight excluding hydrogens is 294 g/mol. The molecule has 0 amide bonds. The SMILES string of the molecule is Nc1c(Cl)c(C(=O)O)nc(-c2ccc(F)cc2)c1Cl. The Kier molecular flexibility index (Phi) is 3.59. The first kappa shape index (κ1) is 13.6. The van der Waals surface area contributed by atoms with Crippen LogP contribution < -0.4 is 5.73 Å². The van der Waals surface area contributed by atoms with Gasteiger partial charge in [0.05, 0.1) is 21.4 Å². The lowest BCUT2D eigenvalue weighted by molar-refractivity contribution is 0.0691. The Morgan fingerprint density at radius 3 is 2.32 bits per heavy atom. The highest BCUT2D eigenvalue weighted by Crippen LogP contribution is 2.36. The molecule has 0 saturated carbocycles. The van der Waals surface area contributed by atoms with Gasteiger partial charge in [0.1, 0.15) is 5.82 Å². The number of nitrogen functional groups attached to an aromatic ring is 1. The summed E-state index contributed by atoms with van der Waals surface area (Å²) in [6, 6.07) is 5.25. The Hall–Kier alpha value is -1.85. The molecule has 2 rings (SSSR count). The van der Waals surface area contributed by atoms with E-state index in [1.165, 1.54) is 24.3 Å². The molecule has 7 heteroatoms. The molecule has 1 aromatic heterocycles. The quantitative estimate of drug-likeness (QED) is 0.890. The number of benzene rings is 1. The van der Waals surface area contributed by atoms with E-state index in [1.54, 1.807) is 0 Å². The van der Waals surface area contributed by atoms with Crippen molar-refractivity contribution in [2.24, 2.45) is 0 Å². The van der Waals surface area contributed by atoms with Gasteiger partial charge in [-0.15, -0.1) is 0 Å². The number of halogens is 3. The van der Waals surface area contributed by atoms with Crippen molar-refractivity contribution in [1.82, 2.24) is 4.98 Å². The molecule has 0 spiro atoms. The van der Waals surface area contributed by atoms with Crippen LogP contribution in [0.3, 0.4) is 0 Å². The van der Waals surface area contributed by atoms with Crippen LogP contribution in [0.5, 0.6) is 0 Å². The monoisotopic (exact) mass is 300 g/mol. The highest BCUT2D eigenvalue weighted by Gasteiger charge is 2.20. The molecule has 0 saturated heterocycles. The molecule has 0 bridgehead atoms.